The third kappa shape index (κ3) is 5.13. The molecule has 4 N–H and O–H groups in total. The summed E-state index contributed by atoms with van der Waals surface area (Å²) in [5.41, 5.74) is 6.17. The topological polar surface area (TPSA) is 82.3 Å². The maximum Gasteiger partial charge on any atom is 0.240 e. The van der Waals surface area contributed by atoms with E-state index in [1.54, 1.807) is 0 Å². The molecule has 6 nitrogen and oxygen atoms in total. The van der Waals surface area contributed by atoms with Gasteiger partial charge in [-0.15, -0.1) is 11.8 Å². The summed E-state index contributed by atoms with van der Waals surface area (Å²) in [5.74, 6) is 0.783. The molecule has 1 aromatic carbocycles. The highest BCUT2D eigenvalue weighted by molar-refractivity contribution is 8.01. The fourth-order valence-corrected chi connectivity index (χ4v) is 4.88. The number of benzene rings is 1. The van der Waals surface area contributed by atoms with Gasteiger partial charge in [0, 0.05) is 17.4 Å². The van der Waals surface area contributed by atoms with Crippen molar-refractivity contribution in [2.24, 2.45) is 11.8 Å². The minimum absolute atomic E-state index is 0.0807. The number of anilines is 1. The van der Waals surface area contributed by atoms with Gasteiger partial charge < -0.3 is 10.6 Å². The average molecular weight is 407 g/mol. The van der Waals surface area contributed by atoms with Crippen LogP contribution in [0, 0.1) is 11.8 Å². The number of hydrogen-bond donors (Lipinski definition) is 4. The van der Waals surface area contributed by atoms with Crippen LogP contribution in [0.2, 0.25) is 0 Å². The number of thiocarbonyl (C=S) groups is 1. The summed E-state index contributed by atoms with van der Waals surface area (Å²) in [6.07, 6.45) is 3.60. The van der Waals surface area contributed by atoms with Crippen LogP contribution in [0.3, 0.4) is 0 Å². The lowest BCUT2D eigenvalue weighted by Gasteiger charge is -2.35. The molecular formula is C19H26N4O2S2. The number of rotatable bonds is 3. The summed E-state index contributed by atoms with van der Waals surface area (Å²) in [6, 6.07) is 7.91. The Kier molecular flexibility index (Phi) is 6.59. The highest BCUT2D eigenvalue weighted by Gasteiger charge is 2.29. The van der Waals surface area contributed by atoms with Crippen molar-refractivity contribution in [2.75, 3.05) is 5.32 Å². The predicted molar refractivity (Wildman–Crippen MR) is 112 cm³/mol. The van der Waals surface area contributed by atoms with E-state index < -0.39 is 5.25 Å². The van der Waals surface area contributed by atoms with Crippen LogP contribution in [0.15, 0.2) is 29.2 Å². The van der Waals surface area contributed by atoms with Crippen LogP contribution in [0.4, 0.5) is 5.69 Å². The molecule has 1 heterocycles. The molecule has 0 bridgehead atoms. The van der Waals surface area contributed by atoms with Crippen molar-refractivity contribution in [1.29, 1.82) is 0 Å². The standard InChI is InChI=1S/C19H26N4O2S2/c1-11-6-5-8-13(12(11)2)21-19(26)23-22-17(24)10-16-18(25)20-14-7-3-4-9-15(14)27-16/h3-4,7,9,11-13,16H,5-6,8,10H2,1-2H3,(H,20,25)(H,22,24)(H2,21,23,26)/t11-,12+,13-,16+/m0/s1. The van der Waals surface area contributed by atoms with Crippen LogP contribution in [0.25, 0.3) is 0 Å². The third-order valence-corrected chi connectivity index (χ3v) is 6.91. The second-order valence-electron chi connectivity index (χ2n) is 7.32. The van der Waals surface area contributed by atoms with E-state index in [0.717, 1.165) is 17.0 Å². The Balaban J connectivity index is 1.44. The molecule has 0 aromatic heterocycles. The monoisotopic (exact) mass is 406 g/mol. The van der Waals surface area contributed by atoms with Crippen molar-refractivity contribution >= 4 is 46.6 Å². The Morgan fingerprint density at radius 3 is 2.85 bits per heavy atom. The van der Waals surface area contributed by atoms with Crippen LogP contribution >= 0.6 is 24.0 Å². The number of carbonyl (C=O) groups is 2. The van der Waals surface area contributed by atoms with Crippen molar-refractivity contribution in [3.63, 3.8) is 0 Å². The largest absolute Gasteiger partial charge is 0.358 e. The molecule has 27 heavy (non-hydrogen) atoms. The van der Waals surface area contributed by atoms with Crippen molar-refractivity contribution in [2.45, 2.75) is 55.7 Å². The molecule has 0 unspecified atom stereocenters. The van der Waals surface area contributed by atoms with Gasteiger partial charge >= 0.3 is 0 Å². The Bertz CT molecular complexity index is 727. The van der Waals surface area contributed by atoms with Gasteiger partial charge in [-0.2, -0.15) is 0 Å². The first-order valence-electron chi connectivity index (χ1n) is 9.36. The fourth-order valence-electron chi connectivity index (χ4n) is 3.56. The second-order valence-corrected chi connectivity index (χ2v) is 8.97. The number of hydrogen-bond acceptors (Lipinski definition) is 4. The summed E-state index contributed by atoms with van der Waals surface area (Å²) in [6.45, 7) is 4.50. The van der Waals surface area contributed by atoms with Crippen molar-refractivity contribution in [1.82, 2.24) is 16.2 Å². The number of hydrazine groups is 1. The van der Waals surface area contributed by atoms with Gasteiger partial charge in [-0.1, -0.05) is 38.8 Å². The van der Waals surface area contributed by atoms with Gasteiger partial charge in [0.05, 0.1) is 10.9 Å². The lowest BCUT2D eigenvalue weighted by Crippen LogP contribution is -2.53. The summed E-state index contributed by atoms with van der Waals surface area (Å²) >= 11 is 6.71. The van der Waals surface area contributed by atoms with Crippen molar-refractivity contribution in [3.05, 3.63) is 24.3 Å². The Morgan fingerprint density at radius 1 is 1.26 bits per heavy atom. The fraction of sp³-hybridized carbons (Fsp3) is 0.526. The Labute approximate surface area is 169 Å². The SMILES string of the molecule is C[C@H]1[C@@H](NC(=S)NNC(=O)C[C@H]2Sc3ccccc3NC2=O)CCC[C@@H]1C. The van der Waals surface area contributed by atoms with Gasteiger partial charge in [-0.3, -0.25) is 20.4 Å². The van der Waals surface area contributed by atoms with Gasteiger partial charge in [-0.05, 0) is 42.6 Å². The molecule has 1 fully saturated rings. The molecule has 3 rings (SSSR count). The van der Waals surface area contributed by atoms with E-state index in [1.165, 1.54) is 24.6 Å². The summed E-state index contributed by atoms with van der Waals surface area (Å²) in [5, 5.41) is 6.11. The summed E-state index contributed by atoms with van der Waals surface area (Å²) in [4.78, 5) is 25.4. The summed E-state index contributed by atoms with van der Waals surface area (Å²) in [7, 11) is 0. The molecule has 2 aliphatic rings. The van der Waals surface area contributed by atoms with Gasteiger partial charge in [0.25, 0.3) is 0 Å². The number of nitrogens with one attached hydrogen (secondary N) is 4. The van der Waals surface area contributed by atoms with Crippen LogP contribution in [-0.4, -0.2) is 28.2 Å². The highest BCUT2D eigenvalue weighted by Crippen LogP contribution is 2.36. The molecule has 4 atom stereocenters. The Hall–Kier alpha value is -1.80. The van der Waals surface area contributed by atoms with Gasteiger partial charge in [-0.25, -0.2) is 0 Å². The van der Waals surface area contributed by atoms with E-state index in [2.05, 4.69) is 35.3 Å². The van der Waals surface area contributed by atoms with E-state index >= 15 is 0 Å². The van der Waals surface area contributed by atoms with E-state index in [-0.39, 0.29) is 18.2 Å². The quantitative estimate of drug-likeness (QED) is 0.456. The van der Waals surface area contributed by atoms with E-state index in [0.29, 0.717) is 23.0 Å². The lowest BCUT2D eigenvalue weighted by molar-refractivity contribution is -0.124. The first kappa shape index (κ1) is 19.9. The predicted octanol–water partition coefficient (Wildman–Crippen LogP) is 2.81. The van der Waals surface area contributed by atoms with E-state index in [4.69, 9.17) is 12.2 Å². The zero-order valence-electron chi connectivity index (χ0n) is 15.6. The number of amides is 2. The molecule has 1 aliphatic heterocycles. The van der Waals surface area contributed by atoms with Crippen LogP contribution in [-0.2, 0) is 9.59 Å². The minimum atomic E-state index is -0.456. The average Bonchev–Trinajstić information content (AvgIpc) is 2.64. The second kappa shape index (κ2) is 8.93. The maximum absolute atomic E-state index is 12.2. The number of carbonyl (C=O) groups excluding carboxylic acids is 2. The zero-order valence-corrected chi connectivity index (χ0v) is 17.2. The normalized spacial score (nSPS) is 27.1. The minimum Gasteiger partial charge on any atom is -0.358 e. The molecule has 1 aromatic rings. The molecular weight excluding hydrogens is 380 g/mol. The molecule has 0 saturated heterocycles. The molecule has 1 aliphatic carbocycles. The first-order valence-corrected chi connectivity index (χ1v) is 10.6. The van der Waals surface area contributed by atoms with Crippen molar-refractivity contribution in [3.8, 4) is 0 Å². The lowest BCUT2D eigenvalue weighted by atomic mass is 9.78. The molecule has 8 heteroatoms. The van der Waals surface area contributed by atoms with E-state index in [9.17, 15) is 9.59 Å². The number of thioether (sulfide) groups is 1. The Morgan fingerprint density at radius 2 is 2.04 bits per heavy atom. The van der Waals surface area contributed by atoms with Gasteiger partial charge in [0.2, 0.25) is 11.8 Å². The number of para-hydroxylation sites is 1. The van der Waals surface area contributed by atoms with Gasteiger partial charge in [0.15, 0.2) is 5.11 Å². The molecule has 1 saturated carbocycles. The highest BCUT2D eigenvalue weighted by atomic mass is 32.2. The number of fused-ring (bicyclic) bond motifs is 1. The van der Waals surface area contributed by atoms with Crippen molar-refractivity contribution < 1.29 is 9.59 Å². The van der Waals surface area contributed by atoms with Gasteiger partial charge in [0.1, 0.15) is 0 Å². The molecule has 146 valence electrons. The maximum atomic E-state index is 12.2. The van der Waals surface area contributed by atoms with E-state index in [1.807, 2.05) is 24.3 Å². The molecule has 0 radical (unpaired) electrons. The smallest absolute Gasteiger partial charge is 0.240 e. The third-order valence-electron chi connectivity index (χ3n) is 5.42. The molecule has 0 spiro atoms. The van der Waals surface area contributed by atoms with Crippen LogP contribution in [0.1, 0.15) is 39.5 Å². The van der Waals surface area contributed by atoms with Crippen LogP contribution in [0.5, 0.6) is 0 Å². The first-order chi connectivity index (χ1) is 12.9. The molecule has 2 amide bonds. The van der Waals surface area contributed by atoms with Crippen LogP contribution < -0.4 is 21.5 Å². The zero-order chi connectivity index (χ0) is 19.4. The summed E-state index contributed by atoms with van der Waals surface area (Å²) < 4.78 is 0.